The molecule has 8 heteroatoms. The fraction of sp³-hybridized carbons (Fsp3) is 0.231. The lowest BCUT2D eigenvalue weighted by Gasteiger charge is -2.12. The van der Waals surface area contributed by atoms with E-state index in [0.717, 1.165) is 12.1 Å². The molecule has 0 aliphatic heterocycles. The number of aryl methyl sites for hydroxylation is 1. The van der Waals surface area contributed by atoms with Crippen LogP contribution in [0.2, 0.25) is 0 Å². The molecule has 0 saturated heterocycles. The minimum absolute atomic E-state index is 0.0666. The molecule has 2 aromatic rings. The van der Waals surface area contributed by atoms with Crippen molar-refractivity contribution in [2.24, 2.45) is 0 Å². The number of rotatable bonds is 3. The summed E-state index contributed by atoms with van der Waals surface area (Å²) in [5, 5.41) is 8.61. The Morgan fingerprint density at radius 3 is 2.52 bits per heavy atom. The van der Waals surface area contributed by atoms with Gasteiger partial charge in [-0.15, -0.1) is 0 Å². The third kappa shape index (κ3) is 3.33. The topological polar surface area (TPSA) is 67.2 Å². The highest BCUT2D eigenvalue weighted by molar-refractivity contribution is 6.07. The Labute approximate surface area is 118 Å². The van der Waals surface area contributed by atoms with Crippen molar-refractivity contribution in [3.8, 4) is 0 Å². The van der Waals surface area contributed by atoms with Crippen LogP contribution in [0.15, 0.2) is 28.8 Å². The second-order valence-electron chi connectivity index (χ2n) is 4.29. The van der Waals surface area contributed by atoms with Crippen LogP contribution in [-0.2, 0) is 6.18 Å². The Bertz CT molecular complexity index is 665. The second-order valence-corrected chi connectivity index (χ2v) is 4.29. The highest BCUT2D eigenvalue weighted by Gasteiger charge is 2.31. The summed E-state index contributed by atoms with van der Waals surface area (Å²) in [6.07, 6.45) is -4.52. The lowest BCUT2D eigenvalue weighted by molar-refractivity contribution is -0.137. The van der Waals surface area contributed by atoms with Crippen molar-refractivity contribution in [1.29, 1.82) is 0 Å². The molecule has 0 unspecified atom stereocenters. The van der Waals surface area contributed by atoms with Crippen LogP contribution in [0, 0.1) is 6.92 Å². The van der Waals surface area contributed by atoms with E-state index in [2.05, 4.69) is 15.8 Å². The van der Waals surface area contributed by atoms with Gasteiger partial charge in [0.05, 0.1) is 16.8 Å². The number of halogens is 3. The van der Waals surface area contributed by atoms with Crippen molar-refractivity contribution in [2.45, 2.75) is 13.1 Å². The SMILES string of the molecule is CNc1ccc(C(F)(F)F)cc1C(=O)Nc1cc(C)no1. The van der Waals surface area contributed by atoms with Gasteiger partial charge < -0.3 is 9.84 Å². The van der Waals surface area contributed by atoms with Gasteiger partial charge in [-0.25, -0.2) is 0 Å². The smallest absolute Gasteiger partial charge is 0.387 e. The van der Waals surface area contributed by atoms with Gasteiger partial charge in [-0.2, -0.15) is 13.2 Å². The van der Waals surface area contributed by atoms with Gasteiger partial charge in [-0.1, -0.05) is 5.16 Å². The number of anilines is 2. The number of carbonyl (C=O) groups is 1. The van der Waals surface area contributed by atoms with Crippen LogP contribution in [-0.4, -0.2) is 18.1 Å². The number of hydrogen-bond acceptors (Lipinski definition) is 4. The van der Waals surface area contributed by atoms with Crippen LogP contribution in [0.3, 0.4) is 0 Å². The largest absolute Gasteiger partial charge is 0.416 e. The van der Waals surface area contributed by atoms with Gasteiger partial charge >= 0.3 is 6.18 Å². The highest BCUT2D eigenvalue weighted by Crippen LogP contribution is 2.32. The van der Waals surface area contributed by atoms with Crippen molar-refractivity contribution in [3.05, 3.63) is 41.1 Å². The molecule has 5 nitrogen and oxygen atoms in total. The first-order valence-corrected chi connectivity index (χ1v) is 5.95. The Balaban J connectivity index is 2.34. The minimum Gasteiger partial charge on any atom is -0.387 e. The van der Waals surface area contributed by atoms with Gasteiger partial charge in [0.15, 0.2) is 0 Å². The summed E-state index contributed by atoms with van der Waals surface area (Å²) in [5.74, 6) is -0.654. The minimum atomic E-state index is -4.52. The number of alkyl halides is 3. The molecule has 2 N–H and O–H groups in total. The number of nitrogens with zero attached hydrogens (tertiary/aromatic N) is 1. The standard InChI is InChI=1S/C13H12F3N3O2/c1-7-5-11(21-19-7)18-12(20)9-6-8(13(14,15)16)3-4-10(9)17-2/h3-6,17H,1-2H3,(H,18,20). The van der Waals surface area contributed by atoms with Crippen molar-refractivity contribution >= 4 is 17.5 Å². The monoisotopic (exact) mass is 299 g/mol. The molecule has 2 rings (SSSR count). The maximum atomic E-state index is 12.7. The zero-order valence-corrected chi connectivity index (χ0v) is 11.2. The maximum Gasteiger partial charge on any atom is 0.416 e. The van der Waals surface area contributed by atoms with Gasteiger partial charge in [0.1, 0.15) is 0 Å². The summed E-state index contributed by atoms with van der Waals surface area (Å²) < 4.78 is 43.0. The number of amides is 1. The summed E-state index contributed by atoms with van der Waals surface area (Å²) >= 11 is 0. The lowest BCUT2D eigenvalue weighted by atomic mass is 10.1. The van der Waals surface area contributed by atoms with E-state index < -0.39 is 17.6 Å². The van der Waals surface area contributed by atoms with Gasteiger partial charge in [0, 0.05) is 18.8 Å². The number of nitrogens with one attached hydrogen (secondary N) is 2. The molecule has 1 amide bonds. The molecule has 0 bridgehead atoms. The van der Waals surface area contributed by atoms with E-state index in [-0.39, 0.29) is 17.1 Å². The van der Waals surface area contributed by atoms with Gasteiger partial charge in [-0.05, 0) is 25.1 Å². The molecular weight excluding hydrogens is 287 g/mol. The van der Waals surface area contributed by atoms with Crippen LogP contribution in [0.25, 0.3) is 0 Å². The van der Waals surface area contributed by atoms with Crippen LogP contribution in [0.5, 0.6) is 0 Å². The van der Waals surface area contributed by atoms with Crippen LogP contribution in [0.1, 0.15) is 21.6 Å². The Hall–Kier alpha value is -2.51. The summed E-state index contributed by atoms with van der Waals surface area (Å²) in [6, 6.07) is 4.35. The number of carbonyl (C=O) groups excluding carboxylic acids is 1. The lowest BCUT2D eigenvalue weighted by Crippen LogP contribution is -2.15. The van der Waals surface area contributed by atoms with Crippen LogP contribution in [0.4, 0.5) is 24.7 Å². The van der Waals surface area contributed by atoms with Gasteiger partial charge in [0.25, 0.3) is 5.91 Å². The molecule has 0 aliphatic rings. The first-order valence-electron chi connectivity index (χ1n) is 5.95. The van der Waals surface area contributed by atoms with Crippen molar-refractivity contribution < 1.29 is 22.5 Å². The first-order chi connectivity index (χ1) is 9.81. The summed E-state index contributed by atoms with van der Waals surface area (Å²) in [6.45, 7) is 1.66. The molecule has 1 aromatic carbocycles. The Morgan fingerprint density at radius 2 is 2.00 bits per heavy atom. The predicted octanol–water partition coefficient (Wildman–Crippen LogP) is 3.30. The molecule has 0 atom stereocenters. The normalized spacial score (nSPS) is 11.3. The quantitative estimate of drug-likeness (QED) is 0.912. The second kappa shape index (κ2) is 5.47. The Kier molecular flexibility index (Phi) is 3.88. The van der Waals surface area contributed by atoms with E-state index in [9.17, 15) is 18.0 Å². The third-order valence-corrected chi connectivity index (χ3v) is 2.73. The van der Waals surface area contributed by atoms with Crippen LogP contribution < -0.4 is 10.6 Å². The average molecular weight is 299 g/mol. The Morgan fingerprint density at radius 1 is 1.29 bits per heavy atom. The molecule has 0 radical (unpaired) electrons. The molecule has 1 heterocycles. The van der Waals surface area contributed by atoms with E-state index >= 15 is 0 Å². The molecule has 1 aromatic heterocycles. The summed E-state index contributed by atoms with van der Waals surface area (Å²) in [4.78, 5) is 12.1. The van der Waals surface area contributed by atoms with E-state index in [1.807, 2.05) is 0 Å². The molecule has 0 aliphatic carbocycles. The van der Waals surface area contributed by atoms with Crippen LogP contribution >= 0.6 is 0 Å². The predicted molar refractivity (Wildman–Crippen MR) is 70.2 cm³/mol. The van der Waals surface area contributed by atoms with Gasteiger partial charge in [0.2, 0.25) is 5.88 Å². The molecule has 0 fully saturated rings. The maximum absolute atomic E-state index is 12.7. The fourth-order valence-electron chi connectivity index (χ4n) is 1.73. The summed E-state index contributed by atoms with van der Waals surface area (Å²) in [7, 11) is 1.51. The van der Waals surface area contributed by atoms with Gasteiger partial charge in [-0.3, -0.25) is 10.1 Å². The van der Waals surface area contributed by atoms with E-state index in [1.165, 1.54) is 19.2 Å². The average Bonchev–Trinajstić information content (AvgIpc) is 2.82. The molecular formula is C13H12F3N3O2. The zero-order valence-electron chi connectivity index (χ0n) is 11.2. The van der Waals surface area contributed by atoms with E-state index in [0.29, 0.717) is 5.69 Å². The van der Waals surface area contributed by atoms with E-state index in [4.69, 9.17) is 4.52 Å². The zero-order chi connectivity index (χ0) is 15.6. The van der Waals surface area contributed by atoms with Crippen molar-refractivity contribution in [3.63, 3.8) is 0 Å². The molecule has 112 valence electrons. The first kappa shape index (κ1) is 14.9. The number of benzene rings is 1. The van der Waals surface area contributed by atoms with Crippen molar-refractivity contribution in [1.82, 2.24) is 5.16 Å². The number of aromatic nitrogens is 1. The molecule has 0 spiro atoms. The number of hydrogen-bond donors (Lipinski definition) is 2. The molecule has 0 saturated carbocycles. The fourth-order valence-corrected chi connectivity index (χ4v) is 1.73. The highest BCUT2D eigenvalue weighted by atomic mass is 19.4. The van der Waals surface area contributed by atoms with Crippen molar-refractivity contribution in [2.75, 3.05) is 17.7 Å². The van der Waals surface area contributed by atoms with E-state index in [1.54, 1.807) is 6.92 Å². The summed E-state index contributed by atoms with van der Waals surface area (Å²) in [5.41, 5.74) is -0.221. The molecule has 21 heavy (non-hydrogen) atoms. The third-order valence-electron chi connectivity index (χ3n) is 2.73.